The molecule has 0 spiro atoms. The topological polar surface area (TPSA) is 67.2 Å². The smallest absolute Gasteiger partial charge is 0.264 e. The van der Waals surface area contributed by atoms with Gasteiger partial charge in [0.15, 0.2) is 0 Å². The number of allylic oxidation sites excluding steroid dienone is 1. The molecule has 72 valence electrons. The van der Waals surface area contributed by atoms with E-state index in [9.17, 15) is 8.42 Å². The van der Waals surface area contributed by atoms with Crippen LogP contribution in [0.1, 0.15) is 13.3 Å². The number of hydrogen-bond donors (Lipinski definition) is 0. The molecular weight excluding hydrogens is 190 g/mol. The summed E-state index contributed by atoms with van der Waals surface area (Å²) in [6.45, 7) is 1.88. The van der Waals surface area contributed by atoms with Crippen LogP contribution in [0.3, 0.4) is 0 Å². The van der Waals surface area contributed by atoms with Crippen LogP contribution in [0.4, 0.5) is 0 Å². The van der Waals surface area contributed by atoms with Crippen molar-refractivity contribution in [1.29, 1.82) is 5.26 Å². The van der Waals surface area contributed by atoms with Crippen LogP contribution in [-0.2, 0) is 14.3 Å². The highest BCUT2D eigenvalue weighted by molar-refractivity contribution is 7.85. The van der Waals surface area contributed by atoms with Crippen molar-refractivity contribution in [2.75, 3.05) is 12.9 Å². The molecule has 0 saturated carbocycles. The zero-order valence-electron chi connectivity index (χ0n) is 7.57. The molecule has 0 fully saturated rings. The van der Waals surface area contributed by atoms with Gasteiger partial charge in [-0.05, 0) is 18.9 Å². The Kier molecular flexibility index (Phi) is 2.46. The predicted octanol–water partition coefficient (Wildman–Crippen LogP) is 0.823. The Morgan fingerprint density at radius 3 is 2.69 bits per heavy atom. The molecule has 0 saturated heterocycles. The van der Waals surface area contributed by atoms with Crippen LogP contribution in [0.2, 0.25) is 0 Å². The summed E-state index contributed by atoms with van der Waals surface area (Å²) in [6, 6.07) is 2.12. The average Bonchev–Trinajstić information content (AvgIpc) is 1.94. The van der Waals surface area contributed by atoms with E-state index in [2.05, 4.69) is 10.3 Å². The fourth-order valence-electron chi connectivity index (χ4n) is 1.24. The van der Waals surface area contributed by atoms with Crippen LogP contribution < -0.4 is 0 Å². The Morgan fingerprint density at radius 1 is 1.77 bits per heavy atom. The molecule has 1 aliphatic carbocycles. The van der Waals surface area contributed by atoms with Crippen molar-refractivity contribution in [2.45, 2.75) is 13.3 Å². The molecule has 0 radical (unpaired) electrons. The van der Waals surface area contributed by atoms with Gasteiger partial charge in [-0.1, -0.05) is 6.08 Å². The van der Waals surface area contributed by atoms with Crippen LogP contribution in [0.15, 0.2) is 11.6 Å². The molecule has 0 heterocycles. The third kappa shape index (κ3) is 2.83. The van der Waals surface area contributed by atoms with E-state index in [1.54, 1.807) is 13.0 Å². The van der Waals surface area contributed by atoms with Crippen molar-refractivity contribution >= 4 is 10.1 Å². The van der Waals surface area contributed by atoms with Gasteiger partial charge in [0.2, 0.25) is 0 Å². The molecule has 1 atom stereocenters. The van der Waals surface area contributed by atoms with Gasteiger partial charge in [-0.15, -0.1) is 0 Å². The third-order valence-corrected chi connectivity index (χ3v) is 2.38. The van der Waals surface area contributed by atoms with E-state index in [-0.39, 0.29) is 6.61 Å². The van der Waals surface area contributed by atoms with Gasteiger partial charge in [-0.3, -0.25) is 4.18 Å². The Labute approximate surface area is 77.9 Å². The van der Waals surface area contributed by atoms with Gasteiger partial charge >= 0.3 is 0 Å². The summed E-state index contributed by atoms with van der Waals surface area (Å²) >= 11 is 0. The third-order valence-electron chi connectivity index (χ3n) is 1.83. The Bertz CT molecular complexity index is 377. The Morgan fingerprint density at radius 2 is 2.31 bits per heavy atom. The zero-order valence-corrected chi connectivity index (χ0v) is 8.39. The summed E-state index contributed by atoms with van der Waals surface area (Å²) in [5.74, 6) is 0. The van der Waals surface area contributed by atoms with Crippen LogP contribution in [0.25, 0.3) is 0 Å². The van der Waals surface area contributed by atoms with E-state index >= 15 is 0 Å². The van der Waals surface area contributed by atoms with Gasteiger partial charge in [-0.25, -0.2) is 0 Å². The highest BCUT2D eigenvalue weighted by Crippen LogP contribution is 2.37. The minimum absolute atomic E-state index is 0.0795. The molecular formula is C8H11NO3S. The van der Waals surface area contributed by atoms with Crippen molar-refractivity contribution in [1.82, 2.24) is 0 Å². The molecule has 13 heavy (non-hydrogen) atoms. The number of hydrogen-bond acceptors (Lipinski definition) is 4. The van der Waals surface area contributed by atoms with Crippen molar-refractivity contribution < 1.29 is 12.6 Å². The summed E-state index contributed by atoms with van der Waals surface area (Å²) in [4.78, 5) is 0. The molecule has 1 rings (SSSR count). The van der Waals surface area contributed by atoms with Crippen molar-refractivity contribution in [3.63, 3.8) is 0 Å². The van der Waals surface area contributed by atoms with E-state index in [0.29, 0.717) is 6.42 Å². The zero-order chi connectivity index (χ0) is 10.1. The molecule has 0 bridgehead atoms. The van der Waals surface area contributed by atoms with E-state index in [0.717, 1.165) is 11.8 Å². The summed E-state index contributed by atoms with van der Waals surface area (Å²) in [5, 5.41) is 8.64. The van der Waals surface area contributed by atoms with Crippen LogP contribution in [-0.4, -0.2) is 21.3 Å². The lowest BCUT2D eigenvalue weighted by atomic mass is 9.74. The van der Waals surface area contributed by atoms with Crippen molar-refractivity contribution in [2.24, 2.45) is 5.41 Å². The lowest BCUT2D eigenvalue weighted by Gasteiger charge is -2.29. The maximum Gasteiger partial charge on any atom is 0.264 e. The first-order chi connectivity index (χ1) is 5.85. The maximum atomic E-state index is 10.6. The highest BCUT2D eigenvalue weighted by atomic mass is 32.2. The van der Waals surface area contributed by atoms with E-state index in [1.165, 1.54) is 0 Å². The van der Waals surface area contributed by atoms with Crippen molar-refractivity contribution in [3.05, 3.63) is 11.6 Å². The summed E-state index contributed by atoms with van der Waals surface area (Å²) in [6.07, 6.45) is 3.35. The van der Waals surface area contributed by atoms with Gasteiger partial charge in [0.1, 0.15) is 0 Å². The molecule has 0 aliphatic heterocycles. The molecule has 0 aromatic carbocycles. The predicted molar refractivity (Wildman–Crippen MR) is 47.2 cm³/mol. The molecule has 1 aliphatic rings. The second-order valence-corrected chi connectivity index (χ2v) is 5.12. The first kappa shape index (κ1) is 10.2. The number of nitrogens with zero attached hydrogens (tertiary/aromatic N) is 1. The van der Waals surface area contributed by atoms with Crippen LogP contribution in [0, 0.1) is 16.7 Å². The second kappa shape index (κ2) is 3.13. The normalized spacial score (nSPS) is 27.3. The SMILES string of the molecule is CC1(C#N)C=C(COS(C)(=O)=O)C1. The minimum Gasteiger partial charge on any atom is -0.266 e. The first-order valence-corrected chi connectivity index (χ1v) is 5.63. The molecule has 1 unspecified atom stereocenters. The molecule has 0 N–H and O–H groups in total. The monoisotopic (exact) mass is 201 g/mol. The molecule has 0 amide bonds. The van der Waals surface area contributed by atoms with Gasteiger partial charge in [0.05, 0.1) is 24.3 Å². The van der Waals surface area contributed by atoms with Crippen LogP contribution >= 0.6 is 0 Å². The Hall–Kier alpha value is -0.860. The van der Waals surface area contributed by atoms with Gasteiger partial charge in [0, 0.05) is 0 Å². The maximum absolute atomic E-state index is 10.6. The second-order valence-electron chi connectivity index (χ2n) is 3.47. The quantitative estimate of drug-likeness (QED) is 0.501. The molecule has 0 aromatic heterocycles. The van der Waals surface area contributed by atoms with E-state index in [4.69, 9.17) is 5.26 Å². The van der Waals surface area contributed by atoms with Gasteiger partial charge < -0.3 is 0 Å². The minimum atomic E-state index is -3.36. The first-order valence-electron chi connectivity index (χ1n) is 3.81. The lowest BCUT2D eigenvalue weighted by molar-refractivity contribution is 0.324. The molecule has 4 nitrogen and oxygen atoms in total. The largest absolute Gasteiger partial charge is 0.266 e. The average molecular weight is 201 g/mol. The van der Waals surface area contributed by atoms with Gasteiger partial charge in [0.25, 0.3) is 10.1 Å². The fourth-order valence-corrected chi connectivity index (χ4v) is 1.61. The van der Waals surface area contributed by atoms with Gasteiger partial charge in [-0.2, -0.15) is 13.7 Å². The molecule has 0 aromatic rings. The highest BCUT2D eigenvalue weighted by Gasteiger charge is 2.32. The fraction of sp³-hybridized carbons (Fsp3) is 0.625. The standard InChI is InChI=1S/C8H11NO3S/c1-8(6-9)3-7(4-8)5-12-13(2,10)11/h3H,4-5H2,1-2H3. The number of nitriles is 1. The van der Waals surface area contributed by atoms with E-state index in [1.807, 2.05) is 0 Å². The van der Waals surface area contributed by atoms with E-state index < -0.39 is 15.5 Å². The summed E-state index contributed by atoms with van der Waals surface area (Å²) in [5.41, 5.74) is 0.449. The molecule has 5 heteroatoms. The van der Waals surface area contributed by atoms with Crippen LogP contribution in [0.5, 0.6) is 0 Å². The Balaban J connectivity index is 2.46. The summed E-state index contributed by atoms with van der Waals surface area (Å²) in [7, 11) is -3.36. The number of rotatable bonds is 3. The summed E-state index contributed by atoms with van der Waals surface area (Å²) < 4.78 is 25.7. The lowest BCUT2D eigenvalue weighted by Crippen LogP contribution is -2.24. The van der Waals surface area contributed by atoms with Crippen molar-refractivity contribution in [3.8, 4) is 6.07 Å².